The molecule has 0 saturated carbocycles. The van der Waals surface area contributed by atoms with Gasteiger partial charge in [0.2, 0.25) is 0 Å². The van der Waals surface area contributed by atoms with Gasteiger partial charge in [-0.05, 0) is 30.7 Å². The number of nitrogens with zero attached hydrogens (tertiary/aromatic N) is 1. The average molecular weight is 275 g/mol. The number of rotatable bonds is 6. The van der Waals surface area contributed by atoms with Gasteiger partial charge in [0.15, 0.2) is 0 Å². The average Bonchev–Trinajstić information content (AvgIpc) is 2.49. The number of aromatic nitrogens is 1. The fourth-order valence-electron chi connectivity index (χ4n) is 1.76. The van der Waals surface area contributed by atoms with E-state index in [0.717, 1.165) is 12.8 Å². The van der Waals surface area contributed by atoms with Gasteiger partial charge in [-0.15, -0.1) is 0 Å². The van der Waals surface area contributed by atoms with Crippen molar-refractivity contribution in [2.45, 2.75) is 19.8 Å². The molecule has 4 heteroatoms. The third-order valence-corrected chi connectivity index (χ3v) is 5.21. The number of hydrogen-bond donors (Lipinski definition) is 0. The topological polar surface area (TPSA) is 39.2 Å². The van der Waals surface area contributed by atoms with E-state index in [0.29, 0.717) is 17.3 Å². The Balaban J connectivity index is 2.36. The van der Waals surface area contributed by atoms with Crippen LogP contribution in [-0.4, -0.2) is 11.6 Å². The van der Waals surface area contributed by atoms with Crippen LogP contribution in [0.4, 0.5) is 0 Å². The fourth-order valence-corrected chi connectivity index (χ4v) is 3.76. The van der Waals surface area contributed by atoms with Crippen molar-refractivity contribution < 1.29 is 9.09 Å². The maximum atomic E-state index is 13.2. The van der Waals surface area contributed by atoms with Crippen LogP contribution >= 0.6 is 7.37 Å². The van der Waals surface area contributed by atoms with Crippen LogP contribution < -0.4 is 10.7 Å². The van der Waals surface area contributed by atoms with Gasteiger partial charge in [-0.2, -0.15) is 0 Å². The van der Waals surface area contributed by atoms with E-state index in [-0.39, 0.29) is 0 Å². The molecule has 19 heavy (non-hydrogen) atoms. The molecule has 0 bridgehead atoms. The Morgan fingerprint density at radius 2 is 1.84 bits per heavy atom. The highest BCUT2D eigenvalue weighted by Gasteiger charge is 2.29. The SMILES string of the molecule is CCCCOP(=O)(c1ccccc1)c1ccccn1. The van der Waals surface area contributed by atoms with Crippen LogP contribution in [-0.2, 0) is 9.09 Å². The van der Waals surface area contributed by atoms with Gasteiger partial charge in [0.1, 0.15) is 5.44 Å². The molecule has 1 aromatic carbocycles. The van der Waals surface area contributed by atoms with Crippen LogP contribution in [0.5, 0.6) is 0 Å². The second-order valence-corrected chi connectivity index (χ2v) is 6.60. The summed E-state index contributed by atoms with van der Waals surface area (Å²) in [5.41, 5.74) is 0.511. The molecule has 0 amide bonds. The highest BCUT2D eigenvalue weighted by molar-refractivity contribution is 7.74. The molecule has 1 atom stereocenters. The second kappa shape index (κ2) is 6.65. The lowest BCUT2D eigenvalue weighted by Gasteiger charge is -2.18. The van der Waals surface area contributed by atoms with Gasteiger partial charge in [-0.25, -0.2) is 0 Å². The number of pyridine rings is 1. The zero-order valence-electron chi connectivity index (χ0n) is 11.0. The predicted molar refractivity (Wildman–Crippen MR) is 78.4 cm³/mol. The van der Waals surface area contributed by atoms with Gasteiger partial charge in [-0.1, -0.05) is 37.6 Å². The molecule has 0 spiro atoms. The number of unbranched alkanes of at least 4 members (excludes halogenated alkanes) is 1. The van der Waals surface area contributed by atoms with Crippen molar-refractivity contribution in [3.63, 3.8) is 0 Å². The van der Waals surface area contributed by atoms with Crippen LogP contribution in [0.2, 0.25) is 0 Å². The molecular weight excluding hydrogens is 257 g/mol. The molecule has 2 aromatic rings. The van der Waals surface area contributed by atoms with Crippen molar-refractivity contribution >= 4 is 18.1 Å². The van der Waals surface area contributed by atoms with Gasteiger partial charge >= 0.3 is 0 Å². The Labute approximate surface area is 114 Å². The summed E-state index contributed by atoms with van der Waals surface area (Å²) in [6.45, 7) is 2.57. The molecule has 1 aromatic heterocycles. The van der Waals surface area contributed by atoms with Gasteiger partial charge in [0.25, 0.3) is 7.37 Å². The van der Waals surface area contributed by atoms with Gasteiger partial charge in [-0.3, -0.25) is 9.55 Å². The standard InChI is InChI=1S/C15H18NO2P/c1-2-3-13-18-19(17,14-9-5-4-6-10-14)15-11-7-8-12-16-15/h4-12H,2-3,13H2,1H3. The van der Waals surface area contributed by atoms with Crippen molar-refractivity contribution in [3.8, 4) is 0 Å². The normalized spacial score (nSPS) is 13.9. The predicted octanol–water partition coefficient (Wildman–Crippen LogP) is 3.13. The molecular formula is C15H18NO2P. The Hall–Kier alpha value is -1.44. The molecule has 3 nitrogen and oxygen atoms in total. The third kappa shape index (κ3) is 3.31. The summed E-state index contributed by atoms with van der Waals surface area (Å²) >= 11 is 0. The molecule has 0 fully saturated rings. The molecule has 2 rings (SSSR count). The van der Waals surface area contributed by atoms with Crippen molar-refractivity contribution in [3.05, 3.63) is 54.7 Å². The van der Waals surface area contributed by atoms with Crippen LogP contribution in [0.15, 0.2) is 54.7 Å². The van der Waals surface area contributed by atoms with E-state index in [1.54, 1.807) is 12.3 Å². The molecule has 0 saturated heterocycles. The minimum absolute atomic E-state index is 0.485. The Bertz CT molecular complexity index is 499. The van der Waals surface area contributed by atoms with Crippen LogP contribution in [0, 0.1) is 0 Å². The van der Waals surface area contributed by atoms with E-state index >= 15 is 0 Å². The van der Waals surface area contributed by atoms with Crippen molar-refractivity contribution in [2.24, 2.45) is 0 Å². The van der Waals surface area contributed by atoms with E-state index in [2.05, 4.69) is 11.9 Å². The van der Waals surface area contributed by atoms with Crippen LogP contribution in [0.3, 0.4) is 0 Å². The van der Waals surface area contributed by atoms with Gasteiger partial charge < -0.3 is 4.52 Å². The quantitative estimate of drug-likeness (QED) is 0.600. The summed E-state index contributed by atoms with van der Waals surface area (Å²) in [4.78, 5) is 4.22. The lowest BCUT2D eigenvalue weighted by Crippen LogP contribution is -2.20. The zero-order chi connectivity index (χ0) is 13.6. The van der Waals surface area contributed by atoms with Crippen LogP contribution in [0.1, 0.15) is 19.8 Å². The highest BCUT2D eigenvalue weighted by Crippen LogP contribution is 2.43. The first kappa shape index (κ1) is 14.0. The van der Waals surface area contributed by atoms with E-state index in [1.807, 2.05) is 42.5 Å². The van der Waals surface area contributed by atoms with E-state index in [4.69, 9.17) is 4.52 Å². The monoisotopic (exact) mass is 275 g/mol. The maximum Gasteiger partial charge on any atom is 0.279 e. The number of hydrogen-bond acceptors (Lipinski definition) is 3. The Morgan fingerprint density at radius 1 is 1.11 bits per heavy atom. The summed E-state index contributed by atoms with van der Waals surface area (Å²) in [5.74, 6) is 0. The summed E-state index contributed by atoms with van der Waals surface area (Å²) < 4.78 is 18.9. The first-order valence-electron chi connectivity index (χ1n) is 6.49. The first-order chi connectivity index (χ1) is 9.27. The number of benzene rings is 1. The van der Waals surface area contributed by atoms with Gasteiger partial charge in [0.05, 0.1) is 6.61 Å². The lowest BCUT2D eigenvalue weighted by molar-refractivity contribution is 0.318. The van der Waals surface area contributed by atoms with E-state index < -0.39 is 7.37 Å². The second-order valence-electron chi connectivity index (χ2n) is 4.26. The van der Waals surface area contributed by atoms with E-state index in [9.17, 15) is 4.57 Å². The van der Waals surface area contributed by atoms with Crippen molar-refractivity contribution in [1.29, 1.82) is 0 Å². The van der Waals surface area contributed by atoms with Crippen LogP contribution in [0.25, 0.3) is 0 Å². The molecule has 0 aliphatic rings. The Morgan fingerprint density at radius 3 is 2.47 bits per heavy atom. The summed E-state index contributed by atoms with van der Waals surface area (Å²) in [7, 11) is -3.06. The summed E-state index contributed by atoms with van der Waals surface area (Å²) in [6, 6.07) is 14.7. The summed E-state index contributed by atoms with van der Waals surface area (Å²) in [5, 5.41) is 0.699. The molecule has 1 heterocycles. The molecule has 0 radical (unpaired) electrons. The van der Waals surface area contributed by atoms with E-state index in [1.165, 1.54) is 0 Å². The highest BCUT2D eigenvalue weighted by atomic mass is 31.2. The Kier molecular flexibility index (Phi) is 4.89. The van der Waals surface area contributed by atoms with Crippen molar-refractivity contribution in [1.82, 2.24) is 4.98 Å². The molecule has 100 valence electrons. The van der Waals surface area contributed by atoms with Crippen molar-refractivity contribution in [2.75, 3.05) is 6.61 Å². The first-order valence-corrected chi connectivity index (χ1v) is 8.11. The smallest absolute Gasteiger partial charge is 0.279 e. The zero-order valence-corrected chi connectivity index (χ0v) is 11.9. The molecule has 1 unspecified atom stereocenters. The third-order valence-electron chi connectivity index (χ3n) is 2.82. The molecule has 0 aliphatic carbocycles. The minimum Gasteiger partial charge on any atom is -0.321 e. The largest absolute Gasteiger partial charge is 0.321 e. The molecule has 0 N–H and O–H groups in total. The minimum atomic E-state index is -3.06. The molecule has 0 aliphatic heterocycles. The summed E-state index contributed by atoms with van der Waals surface area (Å²) in [6.07, 6.45) is 3.55. The van der Waals surface area contributed by atoms with Gasteiger partial charge in [0, 0.05) is 11.5 Å². The fraction of sp³-hybridized carbons (Fsp3) is 0.267. The lowest BCUT2D eigenvalue weighted by atomic mass is 10.4. The maximum absolute atomic E-state index is 13.2.